The normalized spacial score (nSPS) is 10.4. The fourth-order valence-electron chi connectivity index (χ4n) is 2.20. The Hall–Kier alpha value is -3.28. The van der Waals surface area contributed by atoms with Crippen LogP contribution in [0.15, 0.2) is 60.9 Å². The van der Waals surface area contributed by atoms with Gasteiger partial charge in [0.2, 0.25) is 0 Å². The number of aromatic nitrogens is 2. The number of aromatic amines is 1. The maximum absolute atomic E-state index is 12.7. The second kappa shape index (κ2) is 5.61. The molecular formula is C16H11N3O3. The molecule has 1 aromatic heterocycles. The molecule has 0 spiro atoms. The molecule has 1 N–H and O–H groups in total. The molecule has 0 aliphatic heterocycles. The van der Waals surface area contributed by atoms with E-state index in [1.807, 2.05) is 0 Å². The number of rotatable bonds is 4. The maximum Gasteiger partial charge on any atom is 0.270 e. The lowest BCUT2D eigenvalue weighted by Gasteiger charge is -2.07. The summed E-state index contributed by atoms with van der Waals surface area (Å²) in [5.74, 6) is 0.213. The lowest BCUT2D eigenvalue weighted by Crippen LogP contribution is -2.05. The van der Waals surface area contributed by atoms with Crippen LogP contribution in [0.3, 0.4) is 0 Å². The van der Waals surface area contributed by atoms with Crippen LogP contribution in [-0.4, -0.2) is 20.7 Å². The summed E-state index contributed by atoms with van der Waals surface area (Å²) in [6.45, 7) is 0. The standard InChI is InChI=1S/C16H11N3O3/c20-15(11-4-2-1-3-5-11)14-10-12(19(21)22)6-7-13(14)16-17-8-9-18-16/h1-10H,(H,17,18). The van der Waals surface area contributed by atoms with E-state index in [0.29, 0.717) is 17.0 Å². The summed E-state index contributed by atoms with van der Waals surface area (Å²) >= 11 is 0. The van der Waals surface area contributed by atoms with Gasteiger partial charge in [0.05, 0.1) is 4.92 Å². The molecule has 0 unspecified atom stereocenters. The van der Waals surface area contributed by atoms with Crippen molar-refractivity contribution >= 4 is 11.5 Å². The molecule has 1 heterocycles. The monoisotopic (exact) mass is 293 g/mol. The van der Waals surface area contributed by atoms with Crippen molar-refractivity contribution in [3.05, 3.63) is 82.2 Å². The first kappa shape index (κ1) is 13.7. The summed E-state index contributed by atoms with van der Waals surface area (Å²) in [6.07, 6.45) is 3.20. The third kappa shape index (κ3) is 2.49. The summed E-state index contributed by atoms with van der Waals surface area (Å²) in [7, 11) is 0. The molecule has 6 nitrogen and oxygen atoms in total. The van der Waals surface area contributed by atoms with Gasteiger partial charge in [0.1, 0.15) is 5.82 Å². The maximum atomic E-state index is 12.7. The number of nitrogens with one attached hydrogen (secondary N) is 1. The molecule has 0 saturated carbocycles. The van der Waals surface area contributed by atoms with Gasteiger partial charge in [0.25, 0.3) is 5.69 Å². The van der Waals surface area contributed by atoms with Crippen LogP contribution in [0.25, 0.3) is 11.4 Å². The lowest BCUT2D eigenvalue weighted by molar-refractivity contribution is -0.384. The molecule has 2 aromatic carbocycles. The predicted octanol–water partition coefficient (Wildman–Crippen LogP) is 3.22. The zero-order valence-electron chi connectivity index (χ0n) is 11.4. The van der Waals surface area contributed by atoms with Gasteiger partial charge in [-0.15, -0.1) is 0 Å². The first-order valence-electron chi connectivity index (χ1n) is 6.55. The molecule has 0 bridgehead atoms. The number of nitro benzene ring substituents is 1. The minimum atomic E-state index is -0.520. The first-order valence-corrected chi connectivity index (χ1v) is 6.55. The Morgan fingerprint density at radius 1 is 1.14 bits per heavy atom. The van der Waals surface area contributed by atoms with Crippen molar-refractivity contribution in [1.29, 1.82) is 0 Å². The van der Waals surface area contributed by atoms with Crippen LogP contribution in [0, 0.1) is 10.1 Å². The van der Waals surface area contributed by atoms with E-state index in [1.54, 1.807) is 42.7 Å². The number of non-ortho nitro benzene ring substituents is 1. The summed E-state index contributed by atoms with van der Waals surface area (Å²) < 4.78 is 0. The average Bonchev–Trinajstić information content (AvgIpc) is 3.08. The molecule has 3 aromatic rings. The molecule has 108 valence electrons. The van der Waals surface area contributed by atoms with Crippen molar-refractivity contribution in [3.63, 3.8) is 0 Å². The van der Waals surface area contributed by atoms with Crippen molar-refractivity contribution in [1.82, 2.24) is 9.97 Å². The number of hydrogen-bond acceptors (Lipinski definition) is 4. The molecule has 0 aliphatic rings. The minimum Gasteiger partial charge on any atom is -0.345 e. The van der Waals surface area contributed by atoms with Gasteiger partial charge in [-0.1, -0.05) is 30.3 Å². The van der Waals surface area contributed by atoms with Crippen LogP contribution in [0.4, 0.5) is 5.69 Å². The quantitative estimate of drug-likeness (QED) is 0.454. The van der Waals surface area contributed by atoms with Gasteiger partial charge in [-0.3, -0.25) is 14.9 Å². The zero-order chi connectivity index (χ0) is 15.5. The van der Waals surface area contributed by atoms with Crippen LogP contribution >= 0.6 is 0 Å². The Morgan fingerprint density at radius 3 is 2.55 bits per heavy atom. The number of carbonyl (C=O) groups excluding carboxylic acids is 1. The van der Waals surface area contributed by atoms with Crippen LogP contribution in [0.2, 0.25) is 0 Å². The Labute approximate surface area is 125 Å². The van der Waals surface area contributed by atoms with Crippen LogP contribution in [0.1, 0.15) is 15.9 Å². The highest BCUT2D eigenvalue weighted by atomic mass is 16.6. The van der Waals surface area contributed by atoms with Crippen LogP contribution in [0.5, 0.6) is 0 Å². The molecule has 0 atom stereocenters. The number of hydrogen-bond donors (Lipinski definition) is 1. The Kier molecular flexibility index (Phi) is 3.49. The molecule has 6 heteroatoms. The SMILES string of the molecule is O=C(c1ccccc1)c1cc([N+](=O)[O-])ccc1-c1ncc[nH]1. The molecule has 0 radical (unpaired) electrons. The van der Waals surface area contributed by atoms with Gasteiger partial charge in [0, 0.05) is 41.2 Å². The summed E-state index contributed by atoms with van der Waals surface area (Å²) in [4.78, 5) is 30.2. The molecular weight excluding hydrogens is 282 g/mol. The number of nitrogens with zero attached hydrogens (tertiary/aromatic N) is 2. The van der Waals surface area contributed by atoms with E-state index in [2.05, 4.69) is 9.97 Å². The van der Waals surface area contributed by atoms with Gasteiger partial charge in [-0.25, -0.2) is 4.98 Å². The van der Waals surface area contributed by atoms with E-state index in [1.165, 1.54) is 18.2 Å². The van der Waals surface area contributed by atoms with Gasteiger partial charge in [0.15, 0.2) is 5.78 Å². The molecule has 0 aliphatic carbocycles. The van der Waals surface area contributed by atoms with Crippen molar-refractivity contribution < 1.29 is 9.72 Å². The summed E-state index contributed by atoms with van der Waals surface area (Å²) in [5, 5.41) is 11.0. The van der Waals surface area contributed by atoms with Crippen molar-refractivity contribution in [2.45, 2.75) is 0 Å². The smallest absolute Gasteiger partial charge is 0.270 e. The van der Waals surface area contributed by atoms with Crippen molar-refractivity contribution in [3.8, 4) is 11.4 Å². The van der Waals surface area contributed by atoms with E-state index in [0.717, 1.165) is 0 Å². The van der Waals surface area contributed by atoms with E-state index in [4.69, 9.17) is 0 Å². The van der Waals surface area contributed by atoms with Crippen molar-refractivity contribution in [2.75, 3.05) is 0 Å². The Bertz CT molecular complexity index is 827. The molecule has 0 amide bonds. The average molecular weight is 293 g/mol. The number of nitro groups is 1. The second-order valence-electron chi connectivity index (χ2n) is 4.62. The largest absolute Gasteiger partial charge is 0.345 e. The summed E-state index contributed by atoms with van der Waals surface area (Å²) in [5.41, 5.74) is 1.12. The fourth-order valence-corrected chi connectivity index (χ4v) is 2.20. The molecule has 22 heavy (non-hydrogen) atoms. The van der Waals surface area contributed by atoms with E-state index in [9.17, 15) is 14.9 Å². The fraction of sp³-hybridized carbons (Fsp3) is 0. The molecule has 0 fully saturated rings. The van der Waals surface area contributed by atoms with Gasteiger partial charge in [-0.05, 0) is 6.07 Å². The molecule has 3 rings (SSSR count). The number of imidazole rings is 1. The highest BCUT2D eigenvalue weighted by Crippen LogP contribution is 2.27. The third-order valence-corrected chi connectivity index (χ3v) is 3.25. The number of benzene rings is 2. The van der Waals surface area contributed by atoms with Crippen LogP contribution < -0.4 is 0 Å². The van der Waals surface area contributed by atoms with E-state index in [-0.39, 0.29) is 17.0 Å². The number of ketones is 1. The van der Waals surface area contributed by atoms with Crippen molar-refractivity contribution in [2.24, 2.45) is 0 Å². The lowest BCUT2D eigenvalue weighted by atomic mass is 9.97. The number of carbonyl (C=O) groups is 1. The highest BCUT2D eigenvalue weighted by molar-refractivity contribution is 6.12. The highest BCUT2D eigenvalue weighted by Gasteiger charge is 2.19. The van der Waals surface area contributed by atoms with E-state index >= 15 is 0 Å². The van der Waals surface area contributed by atoms with Gasteiger partial charge in [-0.2, -0.15) is 0 Å². The zero-order valence-corrected chi connectivity index (χ0v) is 11.4. The van der Waals surface area contributed by atoms with Gasteiger partial charge >= 0.3 is 0 Å². The number of H-pyrrole nitrogens is 1. The minimum absolute atomic E-state index is 0.130. The first-order chi connectivity index (χ1) is 10.7. The Morgan fingerprint density at radius 2 is 1.91 bits per heavy atom. The third-order valence-electron chi connectivity index (χ3n) is 3.25. The Balaban J connectivity index is 2.17. The van der Waals surface area contributed by atoms with E-state index < -0.39 is 4.92 Å². The second-order valence-corrected chi connectivity index (χ2v) is 4.62. The van der Waals surface area contributed by atoms with Gasteiger partial charge < -0.3 is 4.98 Å². The van der Waals surface area contributed by atoms with Crippen LogP contribution in [-0.2, 0) is 0 Å². The summed E-state index contributed by atoms with van der Waals surface area (Å²) in [6, 6.07) is 12.8. The predicted molar refractivity (Wildman–Crippen MR) is 80.6 cm³/mol. The topological polar surface area (TPSA) is 88.9 Å². The molecule has 0 saturated heterocycles.